The Morgan fingerprint density at radius 2 is 1.32 bits per heavy atom. The van der Waals surface area contributed by atoms with Gasteiger partial charge in [-0.05, 0) is 56.2 Å². The van der Waals surface area contributed by atoms with Crippen molar-refractivity contribution in [1.29, 1.82) is 0 Å². The van der Waals surface area contributed by atoms with Crippen LogP contribution in [0.15, 0.2) is 66.0 Å². The molecule has 31 heavy (non-hydrogen) atoms. The number of nitrogens with zero attached hydrogens (tertiary/aromatic N) is 5. The second-order valence-corrected chi connectivity index (χ2v) is 8.82. The van der Waals surface area contributed by atoms with E-state index in [9.17, 15) is 0 Å². The number of hydrogen-bond donors (Lipinski definition) is 0. The van der Waals surface area contributed by atoms with Gasteiger partial charge in [-0.3, -0.25) is 0 Å². The van der Waals surface area contributed by atoms with E-state index in [-0.39, 0.29) is 0 Å². The fourth-order valence-electron chi connectivity index (χ4n) is 4.30. The molecule has 0 bridgehead atoms. The van der Waals surface area contributed by atoms with E-state index in [0.29, 0.717) is 12.0 Å². The van der Waals surface area contributed by atoms with Crippen molar-refractivity contribution >= 4 is 23.4 Å². The minimum atomic E-state index is 0.385. The van der Waals surface area contributed by atoms with Gasteiger partial charge >= 0.3 is 0 Å². The van der Waals surface area contributed by atoms with Crippen LogP contribution in [0.5, 0.6) is 0 Å². The normalized spacial score (nSPS) is 18.6. The molecule has 2 aromatic rings. The first-order chi connectivity index (χ1) is 15.0. The van der Waals surface area contributed by atoms with Gasteiger partial charge < -0.3 is 14.7 Å². The Kier molecular flexibility index (Phi) is 6.21. The largest absolute Gasteiger partial charge is 0.368 e. The maximum Gasteiger partial charge on any atom is 0.128 e. The lowest BCUT2D eigenvalue weighted by Crippen LogP contribution is -2.46. The lowest BCUT2D eigenvalue weighted by Gasteiger charge is -2.37. The zero-order valence-electron chi connectivity index (χ0n) is 19.3. The minimum Gasteiger partial charge on any atom is -0.368 e. The maximum atomic E-state index is 4.61. The van der Waals surface area contributed by atoms with Crippen LogP contribution in [0.4, 0.5) is 17.1 Å². The van der Waals surface area contributed by atoms with Crippen LogP contribution in [0.3, 0.4) is 0 Å². The molecule has 2 aliphatic rings. The first-order valence-corrected chi connectivity index (χ1v) is 11.5. The van der Waals surface area contributed by atoms with Crippen LogP contribution in [0, 0.1) is 12.8 Å². The summed E-state index contributed by atoms with van der Waals surface area (Å²) in [7, 11) is 0. The third kappa shape index (κ3) is 4.41. The molecule has 0 radical (unpaired) electrons. The van der Waals surface area contributed by atoms with Gasteiger partial charge in [0.1, 0.15) is 12.2 Å². The molecule has 0 aromatic heterocycles. The van der Waals surface area contributed by atoms with Crippen LogP contribution in [0.1, 0.15) is 32.8 Å². The van der Waals surface area contributed by atoms with Crippen LogP contribution in [0.2, 0.25) is 0 Å². The van der Waals surface area contributed by atoms with Crippen molar-refractivity contribution in [2.75, 3.05) is 41.0 Å². The molecule has 0 spiro atoms. The Labute approximate surface area is 187 Å². The minimum absolute atomic E-state index is 0.385. The van der Waals surface area contributed by atoms with Gasteiger partial charge in [-0.25, -0.2) is 5.01 Å². The summed E-state index contributed by atoms with van der Waals surface area (Å²) in [5.41, 5.74) is 4.96. The van der Waals surface area contributed by atoms with E-state index < -0.39 is 0 Å². The monoisotopic (exact) mass is 417 g/mol. The SMILES string of the molecule is C=C1N(c2ccc(N3CCN(c4ccc(C)cc4)CC3)cc2)N=CN1C(C)C(C)CC. The van der Waals surface area contributed by atoms with Crippen molar-refractivity contribution in [3.63, 3.8) is 0 Å². The molecule has 2 unspecified atom stereocenters. The number of hydrazone groups is 1. The molecule has 0 amide bonds. The van der Waals surface area contributed by atoms with Gasteiger partial charge in [0.05, 0.1) is 5.69 Å². The summed E-state index contributed by atoms with van der Waals surface area (Å²) < 4.78 is 0. The van der Waals surface area contributed by atoms with E-state index in [0.717, 1.165) is 44.1 Å². The van der Waals surface area contributed by atoms with Gasteiger partial charge in [-0.1, -0.05) is 44.5 Å². The number of piperazine rings is 1. The van der Waals surface area contributed by atoms with E-state index in [1.807, 2.05) is 11.3 Å². The molecular formula is C26H35N5. The number of aryl methyl sites for hydroxylation is 1. The molecule has 0 saturated carbocycles. The highest BCUT2D eigenvalue weighted by Crippen LogP contribution is 2.30. The Bertz CT molecular complexity index is 910. The number of hydrogen-bond acceptors (Lipinski definition) is 5. The molecule has 5 nitrogen and oxygen atoms in total. The van der Waals surface area contributed by atoms with Crippen LogP contribution in [0.25, 0.3) is 0 Å². The maximum absolute atomic E-state index is 4.61. The summed E-state index contributed by atoms with van der Waals surface area (Å²) in [6.07, 6.45) is 3.06. The number of benzene rings is 2. The predicted molar refractivity (Wildman–Crippen MR) is 133 cm³/mol. The molecule has 2 heterocycles. The highest BCUT2D eigenvalue weighted by molar-refractivity contribution is 5.70. The van der Waals surface area contributed by atoms with Crippen LogP contribution in [-0.4, -0.2) is 43.5 Å². The Morgan fingerprint density at radius 3 is 1.84 bits per heavy atom. The molecule has 2 aliphatic heterocycles. The predicted octanol–water partition coefficient (Wildman–Crippen LogP) is 5.29. The molecule has 4 rings (SSSR count). The Hall–Kier alpha value is -2.95. The van der Waals surface area contributed by atoms with Crippen molar-refractivity contribution in [2.24, 2.45) is 11.0 Å². The zero-order valence-corrected chi connectivity index (χ0v) is 19.3. The highest BCUT2D eigenvalue weighted by atomic mass is 15.6. The van der Waals surface area contributed by atoms with Gasteiger partial charge in [0.2, 0.25) is 0 Å². The van der Waals surface area contributed by atoms with Gasteiger partial charge in [0.25, 0.3) is 0 Å². The van der Waals surface area contributed by atoms with Gasteiger partial charge in [-0.15, -0.1) is 0 Å². The summed E-state index contributed by atoms with van der Waals surface area (Å²) in [4.78, 5) is 7.13. The average molecular weight is 418 g/mol. The molecular weight excluding hydrogens is 382 g/mol. The quantitative estimate of drug-likeness (QED) is 0.637. The Morgan fingerprint density at radius 1 is 0.839 bits per heavy atom. The summed E-state index contributed by atoms with van der Waals surface area (Å²) in [5.74, 6) is 1.51. The molecule has 1 saturated heterocycles. The van der Waals surface area contributed by atoms with Crippen molar-refractivity contribution in [3.8, 4) is 0 Å². The lowest BCUT2D eigenvalue weighted by atomic mass is 10.00. The lowest BCUT2D eigenvalue weighted by molar-refractivity contribution is 0.304. The summed E-state index contributed by atoms with van der Waals surface area (Å²) >= 11 is 0. The van der Waals surface area contributed by atoms with Crippen LogP contribution < -0.4 is 14.8 Å². The fourth-order valence-corrected chi connectivity index (χ4v) is 4.30. The van der Waals surface area contributed by atoms with E-state index in [2.05, 4.69) is 103 Å². The van der Waals surface area contributed by atoms with Gasteiger partial charge in [0, 0.05) is 43.6 Å². The second kappa shape index (κ2) is 9.04. The topological polar surface area (TPSA) is 25.3 Å². The molecule has 0 N–H and O–H groups in total. The zero-order chi connectivity index (χ0) is 22.0. The molecule has 0 aliphatic carbocycles. The molecule has 2 aromatic carbocycles. The van der Waals surface area contributed by atoms with E-state index in [1.165, 1.54) is 16.9 Å². The van der Waals surface area contributed by atoms with Crippen molar-refractivity contribution < 1.29 is 0 Å². The number of anilines is 3. The summed E-state index contributed by atoms with van der Waals surface area (Å²) in [6, 6.07) is 18.0. The standard InChI is InChI=1S/C26H35N5/c1-6-21(3)22(4)30-19-27-31(23(30)5)26-13-11-25(12-14-26)29-17-15-28(16-18-29)24-9-7-20(2)8-10-24/h7-14,19,21-22H,5-6,15-18H2,1-4H3. The average Bonchev–Trinajstić information content (AvgIpc) is 3.20. The second-order valence-electron chi connectivity index (χ2n) is 8.82. The number of rotatable bonds is 6. The van der Waals surface area contributed by atoms with E-state index in [4.69, 9.17) is 0 Å². The van der Waals surface area contributed by atoms with Crippen molar-refractivity contribution in [2.45, 2.75) is 40.2 Å². The first-order valence-electron chi connectivity index (χ1n) is 11.5. The van der Waals surface area contributed by atoms with Gasteiger partial charge in [0.15, 0.2) is 0 Å². The van der Waals surface area contributed by atoms with Gasteiger partial charge in [-0.2, -0.15) is 5.10 Å². The third-order valence-corrected chi connectivity index (χ3v) is 6.88. The van der Waals surface area contributed by atoms with Crippen molar-refractivity contribution in [1.82, 2.24) is 4.90 Å². The third-order valence-electron chi connectivity index (χ3n) is 6.88. The highest BCUT2D eigenvalue weighted by Gasteiger charge is 2.27. The fraction of sp³-hybridized carbons (Fsp3) is 0.423. The smallest absolute Gasteiger partial charge is 0.128 e. The van der Waals surface area contributed by atoms with Crippen molar-refractivity contribution in [3.05, 3.63) is 66.5 Å². The van der Waals surface area contributed by atoms with E-state index >= 15 is 0 Å². The summed E-state index contributed by atoms with van der Waals surface area (Å²) in [5, 5.41) is 6.55. The molecule has 164 valence electrons. The molecule has 1 fully saturated rings. The Balaban J connectivity index is 1.36. The van der Waals surface area contributed by atoms with E-state index in [1.54, 1.807) is 0 Å². The molecule has 2 atom stereocenters. The first kappa shape index (κ1) is 21.3. The van der Waals surface area contributed by atoms with Crippen LogP contribution in [-0.2, 0) is 0 Å². The van der Waals surface area contributed by atoms with Crippen LogP contribution >= 0.6 is 0 Å². The molecule has 5 heteroatoms. The summed E-state index contributed by atoms with van der Waals surface area (Å²) in [6.45, 7) is 17.3.